The highest BCUT2D eigenvalue weighted by atomic mass is 16.6. The summed E-state index contributed by atoms with van der Waals surface area (Å²) in [5.41, 5.74) is -0.433. The predicted molar refractivity (Wildman–Crippen MR) is 64.0 cm³/mol. The SMILES string of the molecule is CN1CCO[C@@H]2CN(C(=O)OC(C)(C)C)CC21. The van der Waals surface area contributed by atoms with E-state index in [-0.39, 0.29) is 12.2 Å². The third-order valence-corrected chi connectivity index (χ3v) is 3.23. The highest BCUT2D eigenvalue weighted by Crippen LogP contribution is 2.23. The first kappa shape index (κ1) is 12.6. The van der Waals surface area contributed by atoms with E-state index in [1.165, 1.54) is 0 Å². The maximum atomic E-state index is 11.9. The van der Waals surface area contributed by atoms with Gasteiger partial charge >= 0.3 is 6.09 Å². The first-order valence-electron chi connectivity index (χ1n) is 6.16. The monoisotopic (exact) mass is 242 g/mol. The standard InChI is InChI=1S/C12H22N2O3/c1-12(2,3)17-11(15)14-7-9-10(8-14)16-6-5-13(9)4/h9-10H,5-8H2,1-4H3/t9?,10-/m1/s1. The van der Waals surface area contributed by atoms with Crippen LogP contribution >= 0.6 is 0 Å². The van der Waals surface area contributed by atoms with E-state index in [1.807, 2.05) is 20.8 Å². The van der Waals surface area contributed by atoms with Crippen LogP contribution in [0, 0.1) is 0 Å². The second-order valence-electron chi connectivity index (χ2n) is 5.84. The van der Waals surface area contributed by atoms with Crippen molar-refractivity contribution < 1.29 is 14.3 Å². The number of rotatable bonds is 0. The molecule has 1 unspecified atom stereocenters. The van der Waals surface area contributed by atoms with Crippen LogP contribution in [0.25, 0.3) is 0 Å². The van der Waals surface area contributed by atoms with Crippen molar-refractivity contribution in [2.24, 2.45) is 0 Å². The number of carbonyl (C=O) groups is 1. The van der Waals surface area contributed by atoms with Gasteiger partial charge in [0.1, 0.15) is 5.60 Å². The van der Waals surface area contributed by atoms with Gasteiger partial charge in [-0.1, -0.05) is 0 Å². The molecule has 0 aromatic rings. The van der Waals surface area contributed by atoms with Gasteiger partial charge in [0.25, 0.3) is 0 Å². The number of carbonyl (C=O) groups excluding carboxylic acids is 1. The normalized spacial score (nSPS) is 30.2. The number of likely N-dealkylation sites (N-methyl/N-ethyl adjacent to an activating group) is 1. The van der Waals surface area contributed by atoms with Gasteiger partial charge in [-0.3, -0.25) is 4.90 Å². The molecule has 5 heteroatoms. The molecule has 2 saturated heterocycles. The van der Waals surface area contributed by atoms with Gasteiger partial charge in [0.2, 0.25) is 0 Å². The third kappa shape index (κ3) is 2.90. The van der Waals surface area contributed by atoms with E-state index < -0.39 is 5.60 Å². The van der Waals surface area contributed by atoms with Gasteiger partial charge in [-0.15, -0.1) is 0 Å². The molecule has 0 N–H and O–H groups in total. The van der Waals surface area contributed by atoms with Crippen LogP contribution in [0.2, 0.25) is 0 Å². The number of morpholine rings is 1. The molecule has 2 aliphatic heterocycles. The quantitative estimate of drug-likeness (QED) is 0.634. The lowest BCUT2D eigenvalue weighted by atomic mass is 10.1. The van der Waals surface area contributed by atoms with Crippen molar-refractivity contribution in [3.63, 3.8) is 0 Å². The average molecular weight is 242 g/mol. The summed E-state index contributed by atoms with van der Waals surface area (Å²) in [6, 6.07) is 0.316. The van der Waals surface area contributed by atoms with E-state index in [4.69, 9.17) is 9.47 Å². The fraction of sp³-hybridized carbons (Fsp3) is 0.917. The zero-order chi connectivity index (χ0) is 12.6. The molecule has 0 spiro atoms. The van der Waals surface area contributed by atoms with Crippen molar-refractivity contribution in [3.05, 3.63) is 0 Å². The highest BCUT2D eigenvalue weighted by Gasteiger charge is 2.41. The van der Waals surface area contributed by atoms with Gasteiger partial charge in [0, 0.05) is 13.1 Å². The maximum absolute atomic E-state index is 11.9. The molecule has 0 radical (unpaired) electrons. The van der Waals surface area contributed by atoms with E-state index in [1.54, 1.807) is 4.90 Å². The molecule has 5 nitrogen and oxygen atoms in total. The Morgan fingerprint density at radius 3 is 2.65 bits per heavy atom. The van der Waals surface area contributed by atoms with Crippen LogP contribution < -0.4 is 0 Å². The van der Waals surface area contributed by atoms with Crippen molar-refractivity contribution >= 4 is 6.09 Å². The summed E-state index contributed by atoms with van der Waals surface area (Å²) < 4.78 is 11.1. The number of ether oxygens (including phenoxy) is 2. The molecular formula is C12H22N2O3. The van der Waals surface area contributed by atoms with Crippen LogP contribution in [0.5, 0.6) is 0 Å². The number of fused-ring (bicyclic) bond motifs is 1. The zero-order valence-corrected chi connectivity index (χ0v) is 11.1. The van der Waals surface area contributed by atoms with Gasteiger partial charge in [-0.25, -0.2) is 4.79 Å². The number of likely N-dealkylation sites (tertiary alicyclic amines) is 1. The number of nitrogens with zero attached hydrogens (tertiary/aromatic N) is 2. The van der Waals surface area contributed by atoms with Gasteiger partial charge in [0.15, 0.2) is 0 Å². The van der Waals surface area contributed by atoms with Crippen molar-refractivity contribution in [1.29, 1.82) is 0 Å². The van der Waals surface area contributed by atoms with E-state index in [9.17, 15) is 4.79 Å². The molecule has 2 fully saturated rings. The molecular weight excluding hydrogens is 220 g/mol. The van der Waals surface area contributed by atoms with E-state index in [0.29, 0.717) is 19.1 Å². The number of hydrogen-bond donors (Lipinski definition) is 0. The van der Waals surface area contributed by atoms with Gasteiger partial charge in [-0.2, -0.15) is 0 Å². The molecule has 0 aliphatic carbocycles. The van der Waals surface area contributed by atoms with Crippen LogP contribution in [0.3, 0.4) is 0 Å². The Labute approximate surface area is 103 Å². The Bertz CT molecular complexity index is 301. The molecule has 2 heterocycles. The summed E-state index contributed by atoms with van der Waals surface area (Å²) in [5, 5.41) is 0. The molecule has 2 atom stereocenters. The summed E-state index contributed by atoms with van der Waals surface area (Å²) in [5.74, 6) is 0. The molecule has 0 aromatic heterocycles. The summed E-state index contributed by atoms with van der Waals surface area (Å²) in [6.45, 7) is 8.69. The van der Waals surface area contributed by atoms with Crippen LogP contribution in [0.15, 0.2) is 0 Å². The Balaban J connectivity index is 1.95. The predicted octanol–water partition coefficient (Wildman–Crippen LogP) is 0.936. The first-order valence-corrected chi connectivity index (χ1v) is 6.16. The minimum absolute atomic E-state index is 0.140. The van der Waals surface area contributed by atoms with Crippen LogP contribution in [-0.4, -0.2) is 66.9 Å². The third-order valence-electron chi connectivity index (χ3n) is 3.23. The lowest BCUT2D eigenvalue weighted by Crippen LogP contribution is -2.48. The second-order valence-corrected chi connectivity index (χ2v) is 5.84. The van der Waals surface area contributed by atoms with E-state index >= 15 is 0 Å². The lowest BCUT2D eigenvalue weighted by Gasteiger charge is -2.33. The van der Waals surface area contributed by atoms with Crippen molar-refractivity contribution in [1.82, 2.24) is 9.80 Å². The molecule has 98 valence electrons. The Morgan fingerprint density at radius 2 is 2.06 bits per heavy atom. The number of hydrogen-bond acceptors (Lipinski definition) is 4. The van der Waals surface area contributed by atoms with E-state index in [0.717, 1.165) is 13.2 Å². The summed E-state index contributed by atoms with van der Waals surface area (Å²) in [7, 11) is 2.08. The molecule has 0 aromatic carbocycles. The fourth-order valence-corrected chi connectivity index (χ4v) is 2.33. The van der Waals surface area contributed by atoms with Gasteiger partial charge in [-0.05, 0) is 27.8 Å². The lowest BCUT2D eigenvalue weighted by molar-refractivity contribution is -0.0372. The zero-order valence-electron chi connectivity index (χ0n) is 11.1. The largest absolute Gasteiger partial charge is 0.444 e. The highest BCUT2D eigenvalue weighted by molar-refractivity contribution is 5.68. The summed E-state index contributed by atoms with van der Waals surface area (Å²) in [4.78, 5) is 16.0. The molecule has 17 heavy (non-hydrogen) atoms. The topological polar surface area (TPSA) is 42.0 Å². The van der Waals surface area contributed by atoms with Gasteiger partial charge in [0.05, 0.1) is 25.3 Å². The molecule has 2 aliphatic rings. The van der Waals surface area contributed by atoms with Crippen molar-refractivity contribution in [3.8, 4) is 0 Å². The van der Waals surface area contributed by atoms with Crippen molar-refractivity contribution in [2.75, 3.05) is 33.3 Å². The smallest absolute Gasteiger partial charge is 0.410 e. The second kappa shape index (κ2) is 4.46. The first-order chi connectivity index (χ1) is 7.87. The van der Waals surface area contributed by atoms with Crippen LogP contribution in [-0.2, 0) is 9.47 Å². The van der Waals surface area contributed by atoms with Crippen molar-refractivity contribution in [2.45, 2.75) is 38.5 Å². The van der Waals surface area contributed by atoms with E-state index in [2.05, 4.69) is 11.9 Å². The van der Waals surface area contributed by atoms with Crippen LogP contribution in [0.1, 0.15) is 20.8 Å². The van der Waals surface area contributed by atoms with Crippen LogP contribution in [0.4, 0.5) is 4.79 Å². The minimum Gasteiger partial charge on any atom is -0.444 e. The fourth-order valence-electron chi connectivity index (χ4n) is 2.33. The average Bonchev–Trinajstić information content (AvgIpc) is 2.60. The number of amides is 1. The summed E-state index contributed by atoms with van der Waals surface area (Å²) in [6.07, 6.45) is -0.0924. The Kier molecular flexibility index (Phi) is 3.32. The minimum atomic E-state index is -0.433. The summed E-state index contributed by atoms with van der Waals surface area (Å²) >= 11 is 0. The van der Waals surface area contributed by atoms with Gasteiger partial charge < -0.3 is 14.4 Å². The maximum Gasteiger partial charge on any atom is 0.410 e. The molecule has 2 rings (SSSR count). The molecule has 0 bridgehead atoms. The molecule has 0 saturated carbocycles. The Morgan fingerprint density at radius 1 is 1.35 bits per heavy atom. The molecule has 1 amide bonds. The Hall–Kier alpha value is -0.810.